The molecule has 1 aromatic carbocycles. The molecule has 0 bridgehead atoms. The highest BCUT2D eigenvalue weighted by atomic mass is 19.3. The average Bonchev–Trinajstić information content (AvgIpc) is 3.26. The maximum atomic E-state index is 14.1. The topological polar surface area (TPSA) is 58.0 Å². The number of pyridine rings is 1. The number of ether oxygens (including phenoxy) is 1. The lowest BCUT2D eigenvalue weighted by Gasteiger charge is -2.51. The molecular formula is C28H38F2N4O3. The Bertz CT molecular complexity index is 1190. The van der Waals surface area contributed by atoms with Gasteiger partial charge in [0.25, 0.3) is 5.56 Å². The first kappa shape index (κ1) is 26.3. The van der Waals surface area contributed by atoms with E-state index in [0.717, 1.165) is 49.9 Å². The van der Waals surface area contributed by atoms with Crippen molar-refractivity contribution in [3.05, 3.63) is 46.2 Å². The lowest BCUT2D eigenvalue weighted by Crippen LogP contribution is -2.64. The molecule has 1 aliphatic carbocycles. The summed E-state index contributed by atoms with van der Waals surface area (Å²) in [4.78, 5) is 33.6. The van der Waals surface area contributed by atoms with Crippen molar-refractivity contribution in [1.29, 1.82) is 0 Å². The first-order valence-electron chi connectivity index (χ1n) is 13.4. The summed E-state index contributed by atoms with van der Waals surface area (Å²) < 4.78 is 35.9. The minimum atomic E-state index is -2.81. The van der Waals surface area contributed by atoms with Crippen molar-refractivity contribution >= 4 is 16.8 Å². The first-order chi connectivity index (χ1) is 17.7. The van der Waals surface area contributed by atoms with Crippen molar-refractivity contribution in [2.45, 2.75) is 50.1 Å². The number of carbonyl (C=O) groups is 1. The fourth-order valence-corrected chi connectivity index (χ4v) is 6.39. The molecule has 37 heavy (non-hydrogen) atoms. The van der Waals surface area contributed by atoms with Crippen molar-refractivity contribution in [2.24, 2.45) is 13.0 Å². The maximum absolute atomic E-state index is 14.1. The predicted octanol–water partition coefficient (Wildman–Crippen LogP) is 3.10. The van der Waals surface area contributed by atoms with Gasteiger partial charge in [0, 0.05) is 70.7 Å². The van der Waals surface area contributed by atoms with Crippen molar-refractivity contribution in [3.8, 4) is 0 Å². The number of nitrogens with zero attached hydrogens (tertiary/aromatic N) is 4. The second-order valence-electron chi connectivity index (χ2n) is 11.3. The van der Waals surface area contributed by atoms with Crippen LogP contribution < -0.4 is 5.56 Å². The zero-order chi connectivity index (χ0) is 26.2. The number of carbonyl (C=O) groups excluding carboxylic acids is 1. The van der Waals surface area contributed by atoms with Crippen molar-refractivity contribution < 1.29 is 18.3 Å². The minimum absolute atomic E-state index is 0.105. The molecule has 3 heterocycles. The highest BCUT2D eigenvalue weighted by molar-refractivity contribution is 5.81. The Kier molecular flexibility index (Phi) is 7.40. The molecule has 2 aromatic rings. The molecular weight excluding hydrogens is 478 g/mol. The Hall–Kier alpha value is -2.36. The molecule has 0 radical (unpaired) electrons. The smallest absolute Gasteiger partial charge is 0.255 e. The van der Waals surface area contributed by atoms with Crippen LogP contribution in [0.5, 0.6) is 0 Å². The minimum Gasteiger partial charge on any atom is -0.379 e. The largest absolute Gasteiger partial charge is 0.379 e. The molecule has 1 saturated carbocycles. The van der Waals surface area contributed by atoms with Gasteiger partial charge in [0.2, 0.25) is 11.8 Å². The molecule has 3 fully saturated rings. The van der Waals surface area contributed by atoms with E-state index in [2.05, 4.69) is 16.8 Å². The van der Waals surface area contributed by atoms with Gasteiger partial charge in [-0.05, 0) is 43.8 Å². The lowest BCUT2D eigenvalue weighted by molar-refractivity contribution is -0.143. The summed E-state index contributed by atoms with van der Waals surface area (Å²) in [5, 5.41) is 0.911. The molecule has 1 amide bonds. The fraction of sp³-hybridized carbons (Fsp3) is 0.643. The van der Waals surface area contributed by atoms with Crippen LogP contribution >= 0.6 is 0 Å². The molecule has 2 aliphatic heterocycles. The SMILES string of the molecule is CN1CCN(C2(CN(Cc3cc4ccccc4n(C)c3=O)C(=O)C3CCC(F)(F)C3)CCCOC2)CC1. The van der Waals surface area contributed by atoms with Crippen LogP contribution in [0.2, 0.25) is 0 Å². The Labute approximate surface area is 217 Å². The molecule has 2 unspecified atom stereocenters. The van der Waals surface area contributed by atoms with Gasteiger partial charge in [-0.1, -0.05) is 18.2 Å². The van der Waals surface area contributed by atoms with E-state index in [4.69, 9.17) is 4.74 Å². The molecule has 5 rings (SSSR count). The van der Waals surface area contributed by atoms with Crippen molar-refractivity contribution in [3.63, 3.8) is 0 Å². The summed E-state index contributed by atoms with van der Waals surface area (Å²) in [6, 6.07) is 9.50. The number of benzene rings is 1. The number of hydrogen-bond donors (Lipinski definition) is 0. The molecule has 3 aliphatic rings. The number of rotatable bonds is 6. The number of likely N-dealkylation sites (N-methyl/N-ethyl adjacent to an activating group) is 1. The van der Waals surface area contributed by atoms with E-state index in [0.29, 0.717) is 25.3 Å². The van der Waals surface area contributed by atoms with Crippen LogP contribution in [-0.2, 0) is 23.1 Å². The molecule has 202 valence electrons. The third kappa shape index (κ3) is 5.45. The number of para-hydroxylation sites is 1. The van der Waals surface area contributed by atoms with Crippen LogP contribution in [-0.4, -0.2) is 89.6 Å². The van der Waals surface area contributed by atoms with Gasteiger partial charge in [-0.25, -0.2) is 8.78 Å². The van der Waals surface area contributed by atoms with E-state index in [1.807, 2.05) is 30.3 Å². The number of aromatic nitrogens is 1. The Morgan fingerprint density at radius 1 is 1.14 bits per heavy atom. The van der Waals surface area contributed by atoms with Gasteiger partial charge >= 0.3 is 0 Å². The van der Waals surface area contributed by atoms with Gasteiger partial charge < -0.3 is 19.1 Å². The van der Waals surface area contributed by atoms with E-state index in [9.17, 15) is 18.4 Å². The highest BCUT2D eigenvalue weighted by Gasteiger charge is 2.47. The Morgan fingerprint density at radius 2 is 1.89 bits per heavy atom. The van der Waals surface area contributed by atoms with Crippen LogP contribution in [0.4, 0.5) is 8.78 Å². The van der Waals surface area contributed by atoms with Crippen LogP contribution in [0.3, 0.4) is 0 Å². The van der Waals surface area contributed by atoms with Crippen LogP contribution in [0.1, 0.15) is 37.7 Å². The Balaban J connectivity index is 1.49. The van der Waals surface area contributed by atoms with Crippen LogP contribution in [0.25, 0.3) is 10.9 Å². The normalized spacial score (nSPS) is 27.0. The van der Waals surface area contributed by atoms with Gasteiger partial charge in [-0.15, -0.1) is 0 Å². The molecule has 0 spiro atoms. The van der Waals surface area contributed by atoms with Crippen molar-refractivity contribution in [2.75, 3.05) is 53.0 Å². The number of amides is 1. The molecule has 0 N–H and O–H groups in total. The number of piperazine rings is 1. The standard InChI is InChI=1S/C28H38F2N4O3/c1-31-11-13-34(14-12-31)27(9-5-15-37-20-27)19-33(26(36)22-8-10-28(29,30)17-22)18-23-16-21-6-3-4-7-24(21)32(2)25(23)35/h3-4,6-7,16,22H,5,8-15,17-20H2,1-2H3. The molecule has 1 aromatic heterocycles. The summed E-state index contributed by atoms with van der Waals surface area (Å²) in [5.41, 5.74) is 0.767. The second kappa shape index (κ2) is 10.4. The quantitative estimate of drug-likeness (QED) is 0.591. The van der Waals surface area contributed by atoms with Crippen LogP contribution in [0.15, 0.2) is 35.1 Å². The summed E-state index contributed by atoms with van der Waals surface area (Å²) >= 11 is 0. The lowest BCUT2D eigenvalue weighted by atomic mass is 9.88. The van der Waals surface area contributed by atoms with Gasteiger partial charge in [0.15, 0.2) is 0 Å². The molecule has 7 nitrogen and oxygen atoms in total. The highest BCUT2D eigenvalue weighted by Crippen LogP contribution is 2.40. The number of fused-ring (bicyclic) bond motifs is 1. The van der Waals surface area contributed by atoms with Gasteiger partial charge in [-0.2, -0.15) is 0 Å². The molecule has 9 heteroatoms. The monoisotopic (exact) mass is 516 g/mol. The van der Waals surface area contributed by atoms with E-state index in [1.165, 1.54) is 0 Å². The summed E-state index contributed by atoms with van der Waals surface area (Å²) in [6.07, 6.45) is 1.25. The zero-order valence-corrected chi connectivity index (χ0v) is 21.9. The third-order valence-electron chi connectivity index (χ3n) is 8.59. The summed E-state index contributed by atoms with van der Waals surface area (Å²) in [7, 11) is 3.84. The van der Waals surface area contributed by atoms with E-state index in [-0.39, 0.29) is 30.9 Å². The number of aryl methyl sites for hydroxylation is 1. The Morgan fingerprint density at radius 3 is 2.57 bits per heavy atom. The number of halogens is 2. The summed E-state index contributed by atoms with van der Waals surface area (Å²) in [5.74, 6) is -3.81. The van der Waals surface area contributed by atoms with Crippen molar-refractivity contribution in [1.82, 2.24) is 19.3 Å². The first-order valence-corrected chi connectivity index (χ1v) is 13.4. The molecule has 2 saturated heterocycles. The summed E-state index contributed by atoms with van der Waals surface area (Å²) in [6.45, 7) is 5.23. The van der Waals surface area contributed by atoms with Crippen LogP contribution in [0, 0.1) is 5.92 Å². The molecule has 2 atom stereocenters. The number of alkyl halides is 2. The average molecular weight is 517 g/mol. The number of hydrogen-bond acceptors (Lipinski definition) is 5. The van der Waals surface area contributed by atoms with Gasteiger partial charge in [-0.3, -0.25) is 14.5 Å². The zero-order valence-electron chi connectivity index (χ0n) is 21.9. The predicted molar refractivity (Wildman–Crippen MR) is 139 cm³/mol. The maximum Gasteiger partial charge on any atom is 0.255 e. The van der Waals surface area contributed by atoms with Gasteiger partial charge in [0.05, 0.1) is 24.2 Å². The third-order valence-corrected chi connectivity index (χ3v) is 8.59. The van der Waals surface area contributed by atoms with Gasteiger partial charge in [0.1, 0.15) is 0 Å². The second-order valence-corrected chi connectivity index (χ2v) is 11.3. The van der Waals surface area contributed by atoms with E-state index >= 15 is 0 Å². The van der Waals surface area contributed by atoms with E-state index < -0.39 is 23.8 Å². The van der Waals surface area contributed by atoms with E-state index in [1.54, 1.807) is 16.5 Å². The fourth-order valence-electron chi connectivity index (χ4n) is 6.39.